The van der Waals surface area contributed by atoms with E-state index in [4.69, 9.17) is 5.26 Å². The van der Waals surface area contributed by atoms with Crippen molar-refractivity contribution >= 4 is 33.2 Å². The van der Waals surface area contributed by atoms with Crippen molar-refractivity contribution in [1.29, 1.82) is 5.26 Å². The molecule has 104 valence electrons. The van der Waals surface area contributed by atoms with Crippen LogP contribution >= 0.6 is 15.9 Å². The van der Waals surface area contributed by atoms with Crippen LogP contribution in [-0.4, -0.2) is 11.9 Å². The van der Waals surface area contributed by atoms with Crippen LogP contribution in [0.3, 0.4) is 0 Å². The summed E-state index contributed by atoms with van der Waals surface area (Å²) in [5.41, 5.74) is 3.37. The zero-order valence-electron chi connectivity index (χ0n) is 11.1. The lowest BCUT2D eigenvalue weighted by Gasteiger charge is -2.13. The average molecular weight is 342 g/mol. The minimum Gasteiger partial charge on any atom is -0.373 e. The lowest BCUT2D eigenvalue weighted by Crippen LogP contribution is -2.32. The van der Waals surface area contributed by atoms with E-state index >= 15 is 0 Å². The van der Waals surface area contributed by atoms with E-state index in [0.717, 1.165) is 11.3 Å². The van der Waals surface area contributed by atoms with Crippen LogP contribution in [-0.2, 0) is 11.2 Å². The maximum absolute atomic E-state index is 12.3. The van der Waals surface area contributed by atoms with Crippen molar-refractivity contribution in [1.82, 2.24) is 0 Å². The second-order valence-corrected chi connectivity index (χ2v) is 5.71. The Hall–Kier alpha value is -2.32. The van der Waals surface area contributed by atoms with Gasteiger partial charge in [0.1, 0.15) is 6.04 Å². The molecule has 1 aliphatic heterocycles. The predicted octanol–water partition coefficient (Wildman–Crippen LogP) is 3.30. The number of para-hydroxylation sites is 1. The van der Waals surface area contributed by atoms with Crippen molar-refractivity contribution in [2.24, 2.45) is 0 Å². The molecular weight excluding hydrogens is 330 g/mol. The zero-order chi connectivity index (χ0) is 14.8. The molecule has 0 aromatic heterocycles. The highest BCUT2D eigenvalue weighted by molar-refractivity contribution is 9.10. The molecule has 2 N–H and O–H groups in total. The summed E-state index contributed by atoms with van der Waals surface area (Å²) in [5.74, 6) is -0.0865. The van der Waals surface area contributed by atoms with Crippen LogP contribution in [0.25, 0.3) is 0 Å². The van der Waals surface area contributed by atoms with Crippen LogP contribution < -0.4 is 10.6 Å². The summed E-state index contributed by atoms with van der Waals surface area (Å²) in [6.45, 7) is 0. The van der Waals surface area contributed by atoms with E-state index < -0.39 is 0 Å². The van der Waals surface area contributed by atoms with Crippen molar-refractivity contribution in [3.8, 4) is 6.07 Å². The Kier molecular flexibility index (Phi) is 3.63. The molecule has 1 atom stereocenters. The van der Waals surface area contributed by atoms with E-state index in [1.807, 2.05) is 24.3 Å². The quantitative estimate of drug-likeness (QED) is 0.880. The Morgan fingerprint density at radius 1 is 1.33 bits per heavy atom. The third kappa shape index (κ3) is 2.76. The number of benzene rings is 2. The molecule has 4 nitrogen and oxygen atoms in total. The van der Waals surface area contributed by atoms with Gasteiger partial charge in [0.05, 0.1) is 17.3 Å². The van der Waals surface area contributed by atoms with E-state index in [9.17, 15) is 4.79 Å². The fourth-order valence-electron chi connectivity index (χ4n) is 2.36. The molecule has 0 fully saturated rings. The van der Waals surface area contributed by atoms with Gasteiger partial charge in [-0.05, 0) is 45.8 Å². The number of halogens is 1. The normalized spacial score (nSPS) is 15.7. The van der Waals surface area contributed by atoms with Crippen molar-refractivity contribution in [3.05, 3.63) is 58.1 Å². The van der Waals surface area contributed by atoms with Crippen molar-refractivity contribution in [2.45, 2.75) is 12.5 Å². The molecule has 0 saturated carbocycles. The molecule has 0 radical (unpaired) electrons. The number of anilines is 2. The number of hydrogen-bond donors (Lipinski definition) is 2. The maximum Gasteiger partial charge on any atom is 0.247 e. The summed E-state index contributed by atoms with van der Waals surface area (Å²) in [7, 11) is 0. The van der Waals surface area contributed by atoms with Crippen LogP contribution in [0.1, 0.15) is 11.1 Å². The summed E-state index contributed by atoms with van der Waals surface area (Å²) >= 11 is 3.37. The number of nitrogens with zero attached hydrogens (tertiary/aromatic N) is 1. The van der Waals surface area contributed by atoms with Gasteiger partial charge < -0.3 is 10.6 Å². The van der Waals surface area contributed by atoms with E-state index in [2.05, 4.69) is 32.6 Å². The molecule has 3 rings (SSSR count). The molecule has 2 aromatic rings. The smallest absolute Gasteiger partial charge is 0.247 e. The molecule has 0 saturated heterocycles. The van der Waals surface area contributed by atoms with Crippen LogP contribution in [0, 0.1) is 11.3 Å². The number of nitriles is 1. The van der Waals surface area contributed by atoms with Crippen molar-refractivity contribution < 1.29 is 4.79 Å². The Bertz CT molecular complexity index is 726. The van der Waals surface area contributed by atoms with E-state index in [0.29, 0.717) is 22.1 Å². The third-order valence-electron chi connectivity index (χ3n) is 3.44. The second kappa shape index (κ2) is 5.58. The summed E-state index contributed by atoms with van der Waals surface area (Å²) in [6.07, 6.45) is 0.676. The van der Waals surface area contributed by atoms with Gasteiger partial charge in [0, 0.05) is 16.6 Å². The number of nitrogens with one attached hydrogen (secondary N) is 2. The molecule has 1 amide bonds. The predicted molar refractivity (Wildman–Crippen MR) is 85.0 cm³/mol. The Labute approximate surface area is 130 Å². The largest absolute Gasteiger partial charge is 0.373 e. The number of carbonyl (C=O) groups excluding carboxylic acids is 1. The van der Waals surface area contributed by atoms with Crippen LogP contribution in [0.4, 0.5) is 11.4 Å². The summed E-state index contributed by atoms with van der Waals surface area (Å²) in [6, 6.07) is 14.8. The molecule has 0 aliphatic carbocycles. The first-order valence-corrected chi connectivity index (χ1v) is 7.31. The van der Waals surface area contributed by atoms with Gasteiger partial charge in [-0.15, -0.1) is 0 Å². The second-order valence-electron chi connectivity index (χ2n) is 4.85. The van der Waals surface area contributed by atoms with Gasteiger partial charge in [-0.25, -0.2) is 0 Å². The van der Waals surface area contributed by atoms with E-state index in [1.54, 1.807) is 18.2 Å². The molecule has 1 aliphatic rings. The monoisotopic (exact) mass is 341 g/mol. The minimum absolute atomic E-state index is 0.0865. The lowest BCUT2D eigenvalue weighted by molar-refractivity contribution is -0.116. The van der Waals surface area contributed by atoms with Gasteiger partial charge >= 0.3 is 0 Å². The maximum atomic E-state index is 12.3. The zero-order valence-corrected chi connectivity index (χ0v) is 12.6. The van der Waals surface area contributed by atoms with Gasteiger partial charge in [-0.2, -0.15) is 5.26 Å². The number of rotatable bonds is 2. The minimum atomic E-state index is -0.273. The fourth-order valence-corrected chi connectivity index (χ4v) is 2.84. The highest BCUT2D eigenvalue weighted by Crippen LogP contribution is 2.27. The molecule has 2 aromatic carbocycles. The highest BCUT2D eigenvalue weighted by atomic mass is 79.9. The van der Waals surface area contributed by atoms with E-state index in [1.165, 1.54) is 0 Å². The SMILES string of the molecule is N#Cc1ccc(NC(=O)C2Cc3ccccc3N2)c(Br)c1. The summed E-state index contributed by atoms with van der Waals surface area (Å²) in [4.78, 5) is 12.3. The fraction of sp³-hybridized carbons (Fsp3) is 0.125. The first-order chi connectivity index (χ1) is 10.2. The highest BCUT2D eigenvalue weighted by Gasteiger charge is 2.26. The summed E-state index contributed by atoms with van der Waals surface area (Å²) in [5, 5.41) is 14.9. The van der Waals surface area contributed by atoms with Gasteiger partial charge in [0.2, 0.25) is 5.91 Å². The topological polar surface area (TPSA) is 64.9 Å². The van der Waals surface area contributed by atoms with Gasteiger partial charge in [0.15, 0.2) is 0 Å². The number of amides is 1. The molecule has 1 heterocycles. The standard InChI is InChI=1S/C16H12BrN3O/c17-12-7-10(9-18)5-6-14(12)20-16(21)15-8-11-3-1-2-4-13(11)19-15/h1-7,15,19H,8H2,(H,20,21). The molecule has 0 bridgehead atoms. The molecule has 0 spiro atoms. The third-order valence-corrected chi connectivity index (χ3v) is 4.10. The molecule has 21 heavy (non-hydrogen) atoms. The number of fused-ring (bicyclic) bond motifs is 1. The first kappa shape index (κ1) is 13.7. The first-order valence-electron chi connectivity index (χ1n) is 6.52. The Morgan fingerprint density at radius 3 is 2.86 bits per heavy atom. The van der Waals surface area contributed by atoms with Gasteiger partial charge in [-0.3, -0.25) is 4.79 Å². The van der Waals surface area contributed by atoms with Crippen molar-refractivity contribution in [2.75, 3.05) is 10.6 Å². The molecule has 1 unspecified atom stereocenters. The van der Waals surface area contributed by atoms with Gasteiger partial charge in [0.25, 0.3) is 0 Å². The van der Waals surface area contributed by atoms with Crippen LogP contribution in [0.2, 0.25) is 0 Å². The van der Waals surface area contributed by atoms with E-state index in [-0.39, 0.29) is 11.9 Å². The van der Waals surface area contributed by atoms with Crippen LogP contribution in [0.15, 0.2) is 46.9 Å². The Balaban J connectivity index is 1.73. The number of carbonyl (C=O) groups is 1. The van der Waals surface area contributed by atoms with Gasteiger partial charge in [-0.1, -0.05) is 18.2 Å². The number of hydrogen-bond acceptors (Lipinski definition) is 3. The lowest BCUT2D eigenvalue weighted by atomic mass is 10.1. The average Bonchev–Trinajstić information content (AvgIpc) is 2.93. The molecular formula is C16H12BrN3O. The Morgan fingerprint density at radius 2 is 2.14 bits per heavy atom. The van der Waals surface area contributed by atoms with Crippen molar-refractivity contribution in [3.63, 3.8) is 0 Å². The summed E-state index contributed by atoms with van der Waals surface area (Å²) < 4.78 is 0.699. The molecule has 5 heteroatoms. The van der Waals surface area contributed by atoms with Crippen LogP contribution in [0.5, 0.6) is 0 Å².